The summed E-state index contributed by atoms with van der Waals surface area (Å²) in [5.41, 5.74) is 1.63. The van der Waals surface area contributed by atoms with Crippen LogP contribution in [0.15, 0.2) is 52.3 Å². The average Bonchev–Trinajstić information content (AvgIpc) is 2.72. The van der Waals surface area contributed by atoms with Gasteiger partial charge < -0.3 is 4.79 Å². The molecule has 156 valence electrons. The Morgan fingerprint density at radius 2 is 1.72 bits per heavy atom. The van der Waals surface area contributed by atoms with E-state index in [1.807, 2.05) is 6.07 Å². The molecule has 0 N–H and O–H groups in total. The monoisotopic (exact) mass is 433 g/mol. The van der Waals surface area contributed by atoms with Crippen LogP contribution in [-0.4, -0.2) is 38.7 Å². The van der Waals surface area contributed by atoms with E-state index in [1.54, 1.807) is 24.3 Å². The number of benzene rings is 2. The van der Waals surface area contributed by atoms with E-state index >= 15 is 0 Å². The number of carbonyl (C=O) groups excluding carboxylic acids is 1. The number of fused-ring (bicyclic) bond motifs is 1. The van der Waals surface area contributed by atoms with Crippen LogP contribution in [-0.2, 0) is 21.1 Å². The predicted octanol–water partition coefficient (Wildman–Crippen LogP) is 4.89. The van der Waals surface area contributed by atoms with Crippen LogP contribution in [0.1, 0.15) is 50.2 Å². The molecule has 2 atom stereocenters. The zero-order chi connectivity index (χ0) is 21.0. The maximum Gasteiger partial charge on any atom is 0.206 e. The molecule has 0 saturated heterocycles. The molecule has 4 nitrogen and oxygen atoms in total. The van der Waals surface area contributed by atoms with Crippen LogP contribution in [0.25, 0.3) is 0 Å². The molecule has 1 aliphatic carbocycles. The van der Waals surface area contributed by atoms with Crippen LogP contribution in [0.2, 0.25) is 5.02 Å². The third-order valence-electron chi connectivity index (χ3n) is 5.66. The summed E-state index contributed by atoms with van der Waals surface area (Å²) in [6, 6.07) is 11.6. The van der Waals surface area contributed by atoms with Crippen molar-refractivity contribution in [3.05, 3.63) is 58.6 Å². The summed E-state index contributed by atoms with van der Waals surface area (Å²) in [7, 11) is -3.75. The predicted molar refractivity (Wildman–Crippen MR) is 116 cm³/mol. The van der Waals surface area contributed by atoms with E-state index in [4.69, 9.17) is 11.6 Å². The van der Waals surface area contributed by atoms with Crippen LogP contribution >= 0.6 is 11.6 Å². The van der Waals surface area contributed by atoms with Crippen LogP contribution in [0.4, 0.5) is 0 Å². The number of nitrogens with zero attached hydrogens (tertiary/aromatic N) is 1. The Morgan fingerprint density at radius 3 is 2.31 bits per heavy atom. The molecule has 2 aromatic carbocycles. The highest BCUT2D eigenvalue weighted by Gasteiger charge is 2.37. The summed E-state index contributed by atoms with van der Waals surface area (Å²) in [5, 5.41) is 0.486. The molecule has 0 saturated carbocycles. The van der Waals surface area contributed by atoms with Crippen molar-refractivity contribution < 1.29 is 13.2 Å². The summed E-state index contributed by atoms with van der Waals surface area (Å²) >= 11 is 5.94. The Labute approximate surface area is 178 Å². The van der Waals surface area contributed by atoms with Crippen molar-refractivity contribution >= 4 is 27.7 Å². The molecule has 29 heavy (non-hydrogen) atoms. The number of rotatable bonds is 8. The van der Waals surface area contributed by atoms with Crippen LogP contribution in [0, 0.1) is 0 Å². The van der Waals surface area contributed by atoms with Crippen molar-refractivity contribution in [1.29, 1.82) is 0 Å². The van der Waals surface area contributed by atoms with Gasteiger partial charge in [0.15, 0.2) is 0 Å². The molecule has 1 aliphatic rings. The fraction of sp³-hybridized carbons (Fsp3) is 0.435. The lowest BCUT2D eigenvalue weighted by Crippen LogP contribution is -2.44. The Balaban J connectivity index is 2.11. The second-order valence-corrected chi connectivity index (χ2v) is 9.94. The van der Waals surface area contributed by atoms with Gasteiger partial charge in [0, 0.05) is 11.1 Å². The Hall–Kier alpha value is -1.69. The highest BCUT2D eigenvalue weighted by Crippen LogP contribution is 2.39. The van der Waals surface area contributed by atoms with Crippen molar-refractivity contribution in [2.45, 2.75) is 61.3 Å². The molecule has 0 heterocycles. The number of aldehydes is 1. The first-order valence-corrected chi connectivity index (χ1v) is 12.1. The molecule has 2 aromatic rings. The van der Waals surface area contributed by atoms with E-state index in [-0.39, 0.29) is 15.8 Å². The van der Waals surface area contributed by atoms with Gasteiger partial charge in [0.05, 0.1) is 15.7 Å². The SMILES string of the molecule is CCCN(CCC)C1CCc2cccc(S(=O)(=O)c3ccc(Cl)cc3)c2C1C=O. The summed E-state index contributed by atoms with van der Waals surface area (Å²) in [4.78, 5) is 15.1. The molecule has 2 unspecified atom stereocenters. The first-order valence-electron chi connectivity index (χ1n) is 10.3. The van der Waals surface area contributed by atoms with E-state index < -0.39 is 15.8 Å². The molecule has 0 fully saturated rings. The number of carbonyl (C=O) groups is 1. The van der Waals surface area contributed by atoms with E-state index in [9.17, 15) is 13.2 Å². The van der Waals surface area contributed by atoms with Crippen LogP contribution in [0.3, 0.4) is 0 Å². The number of halogens is 1. The highest BCUT2D eigenvalue weighted by atomic mass is 35.5. The van der Waals surface area contributed by atoms with E-state index in [1.165, 1.54) is 12.1 Å². The van der Waals surface area contributed by atoms with Gasteiger partial charge in [-0.15, -0.1) is 0 Å². The van der Waals surface area contributed by atoms with Gasteiger partial charge in [0.25, 0.3) is 0 Å². The Bertz CT molecular complexity index is 951. The standard InChI is InChI=1S/C23H28ClNO3S/c1-3-14-25(15-4-2)21-13-8-17-6-5-7-22(23(17)20(21)16-26)29(27,28)19-11-9-18(24)10-12-19/h5-7,9-12,16,20-21H,3-4,8,13-15H2,1-2H3. The number of sulfone groups is 1. The third kappa shape index (κ3) is 4.42. The van der Waals surface area contributed by atoms with Crippen molar-refractivity contribution in [2.24, 2.45) is 0 Å². The maximum absolute atomic E-state index is 13.4. The van der Waals surface area contributed by atoms with Crippen LogP contribution < -0.4 is 0 Å². The van der Waals surface area contributed by atoms with Gasteiger partial charge in [-0.2, -0.15) is 0 Å². The first kappa shape index (κ1) is 22.0. The lowest BCUT2D eigenvalue weighted by atomic mass is 9.79. The molecular weight excluding hydrogens is 406 g/mol. The fourth-order valence-corrected chi connectivity index (χ4v) is 6.11. The quantitative estimate of drug-likeness (QED) is 0.556. The van der Waals surface area contributed by atoms with Gasteiger partial charge in [0.1, 0.15) is 6.29 Å². The van der Waals surface area contributed by atoms with Gasteiger partial charge in [-0.3, -0.25) is 4.90 Å². The van der Waals surface area contributed by atoms with Crippen molar-refractivity contribution in [3.63, 3.8) is 0 Å². The van der Waals surface area contributed by atoms with E-state index in [2.05, 4.69) is 18.7 Å². The summed E-state index contributed by atoms with van der Waals surface area (Å²) in [6.07, 6.45) is 4.58. The van der Waals surface area contributed by atoms with Gasteiger partial charge >= 0.3 is 0 Å². The molecule has 0 bridgehead atoms. The lowest BCUT2D eigenvalue weighted by molar-refractivity contribution is -0.110. The van der Waals surface area contributed by atoms with Gasteiger partial charge in [-0.1, -0.05) is 37.6 Å². The lowest BCUT2D eigenvalue weighted by Gasteiger charge is -2.39. The smallest absolute Gasteiger partial charge is 0.206 e. The molecule has 6 heteroatoms. The maximum atomic E-state index is 13.4. The molecular formula is C23H28ClNO3S. The number of hydrogen-bond donors (Lipinski definition) is 0. The number of hydrogen-bond acceptors (Lipinski definition) is 4. The zero-order valence-corrected chi connectivity index (χ0v) is 18.5. The van der Waals surface area contributed by atoms with Gasteiger partial charge in [-0.25, -0.2) is 8.42 Å². The molecule has 3 rings (SSSR count). The van der Waals surface area contributed by atoms with Crippen molar-refractivity contribution in [2.75, 3.05) is 13.1 Å². The molecule has 0 aromatic heterocycles. The first-order chi connectivity index (χ1) is 13.9. The Morgan fingerprint density at radius 1 is 1.07 bits per heavy atom. The fourth-order valence-electron chi connectivity index (χ4n) is 4.42. The van der Waals surface area contributed by atoms with Crippen molar-refractivity contribution in [1.82, 2.24) is 4.90 Å². The van der Waals surface area contributed by atoms with Gasteiger partial charge in [-0.05, 0) is 80.2 Å². The number of aryl methyl sites for hydroxylation is 1. The van der Waals surface area contributed by atoms with Gasteiger partial charge in [0.2, 0.25) is 9.84 Å². The zero-order valence-electron chi connectivity index (χ0n) is 17.0. The topological polar surface area (TPSA) is 54.5 Å². The second kappa shape index (κ2) is 9.41. The Kier molecular flexibility index (Phi) is 7.14. The minimum atomic E-state index is -3.75. The molecule has 0 spiro atoms. The minimum Gasteiger partial charge on any atom is -0.303 e. The summed E-state index contributed by atoms with van der Waals surface area (Å²) in [6.45, 7) is 6.08. The average molecular weight is 434 g/mol. The van der Waals surface area contributed by atoms with E-state index in [0.717, 1.165) is 50.6 Å². The molecule has 0 radical (unpaired) electrons. The van der Waals surface area contributed by atoms with E-state index in [0.29, 0.717) is 10.6 Å². The normalized spacial score (nSPS) is 19.2. The molecule has 0 amide bonds. The summed E-state index contributed by atoms with van der Waals surface area (Å²) < 4.78 is 26.9. The third-order valence-corrected chi connectivity index (χ3v) is 7.74. The second-order valence-electron chi connectivity index (χ2n) is 7.59. The summed E-state index contributed by atoms with van der Waals surface area (Å²) in [5.74, 6) is -0.449. The molecule has 0 aliphatic heterocycles. The minimum absolute atomic E-state index is 0.0291. The van der Waals surface area contributed by atoms with Crippen molar-refractivity contribution in [3.8, 4) is 0 Å². The highest BCUT2D eigenvalue weighted by molar-refractivity contribution is 7.91. The largest absolute Gasteiger partial charge is 0.303 e. The van der Waals surface area contributed by atoms with Crippen LogP contribution in [0.5, 0.6) is 0 Å².